The highest BCUT2D eigenvalue weighted by Crippen LogP contribution is 2.23. The molecule has 2 amide bonds. The molecule has 1 atom stereocenters. The van der Waals surface area contributed by atoms with Gasteiger partial charge in [0.1, 0.15) is 25.3 Å². The van der Waals surface area contributed by atoms with Crippen LogP contribution in [-0.4, -0.2) is 63.2 Å². The number of aliphatic hydroxyl groups is 1. The second-order valence-electron chi connectivity index (χ2n) is 9.20. The summed E-state index contributed by atoms with van der Waals surface area (Å²) >= 11 is 0. The largest absolute Gasteiger partial charge is 0.491 e. The maximum Gasteiger partial charge on any atom is 0.265 e. The molecule has 9 heteroatoms. The molecule has 1 aliphatic heterocycles. The van der Waals surface area contributed by atoms with Crippen LogP contribution < -0.4 is 15.6 Å². The molecule has 0 spiro atoms. The van der Waals surface area contributed by atoms with E-state index in [9.17, 15) is 19.5 Å². The number of likely N-dealkylation sites (tertiary alicyclic amines) is 1. The molecule has 0 bridgehead atoms. The molecule has 9 nitrogen and oxygen atoms in total. The van der Waals surface area contributed by atoms with Crippen molar-refractivity contribution in [2.45, 2.75) is 44.7 Å². The van der Waals surface area contributed by atoms with Crippen LogP contribution in [0.3, 0.4) is 0 Å². The Bertz CT molecular complexity index is 1350. The van der Waals surface area contributed by atoms with E-state index in [1.54, 1.807) is 35.2 Å². The number of fused-ring (bicyclic) bond motifs is 1. The highest BCUT2D eigenvalue weighted by atomic mass is 16.5. The monoisotopic (exact) mass is 476 g/mol. The van der Waals surface area contributed by atoms with Gasteiger partial charge in [0.15, 0.2) is 0 Å². The van der Waals surface area contributed by atoms with Crippen molar-refractivity contribution >= 4 is 22.7 Å². The Kier molecular flexibility index (Phi) is 6.25. The molecule has 1 saturated carbocycles. The van der Waals surface area contributed by atoms with Crippen LogP contribution in [0.2, 0.25) is 0 Å². The highest BCUT2D eigenvalue weighted by molar-refractivity contribution is 5.95. The minimum Gasteiger partial charge on any atom is -0.491 e. The van der Waals surface area contributed by atoms with Gasteiger partial charge in [0.05, 0.1) is 22.6 Å². The van der Waals surface area contributed by atoms with Crippen molar-refractivity contribution in [2.75, 3.05) is 19.8 Å². The van der Waals surface area contributed by atoms with Gasteiger partial charge in [-0.3, -0.25) is 19.0 Å². The van der Waals surface area contributed by atoms with Crippen LogP contribution in [0.5, 0.6) is 5.75 Å². The van der Waals surface area contributed by atoms with Crippen LogP contribution in [0.25, 0.3) is 16.6 Å². The fourth-order valence-corrected chi connectivity index (χ4v) is 4.49. The van der Waals surface area contributed by atoms with Crippen LogP contribution in [0, 0.1) is 6.92 Å². The molecule has 182 valence electrons. The SMILES string of the molecule is Cc1ccc(C(=O)NC2CC2)cc1-n1cnc2ccc(OC[C@@H]3CCCN3C(=O)CO)cc2c1=O. The fourth-order valence-electron chi connectivity index (χ4n) is 4.49. The van der Waals surface area contributed by atoms with Gasteiger partial charge in [-0.1, -0.05) is 6.07 Å². The molecule has 2 fully saturated rings. The zero-order valence-electron chi connectivity index (χ0n) is 19.6. The lowest BCUT2D eigenvalue weighted by Gasteiger charge is -2.24. The van der Waals surface area contributed by atoms with Crippen LogP contribution in [0.4, 0.5) is 0 Å². The van der Waals surface area contributed by atoms with E-state index in [1.807, 2.05) is 13.0 Å². The summed E-state index contributed by atoms with van der Waals surface area (Å²) < 4.78 is 7.39. The van der Waals surface area contributed by atoms with Gasteiger partial charge in [-0.25, -0.2) is 4.98 Å². The van der Waals surface area contributed by atoms with Gasteiger partial charge in [0, 0.05) is 18.2 Å². The molecule has 2 N–H and O–H groups in total. The number of rotatable bonds is 7. The summed E-state index contributed by atoms with van der Waals surface area (Å²) in [6.07, 6.45) is 5.15. The zero-order chi connectivity index (χ0) is 24.5. The predicted octanol–water partition coefficient (Wildman–Crippen LogP) is 1.95. The van der Waals surface area contributed by atoms with Crippen LogP contribution in [0.1, 0.15) is 41.6 Å². The van der Waals surface area contributed by atoms with E-state index in [-0.39, 0.29) is 36.1 Å². The topological polar surface area (TPSA) is 114 Å². The predicted molar refractivity (Wildman–Crippen MR) is 130 cm³/mol. The Hall–Kier alpha value is -3.72. The first-order chi connectivity index (χ1) is 16.9. The van der Waals surface area contributed by atoms with Gasteiger partial charge in [0.2, 0.25) is 5.91 Å². The summed E-state index contributed by atoms with van der Waals surface area (Å²) in [6, 6.07) is 10.6. The quantitative estimate of drug-likeness (QED) is 0.539. The third kappa shape index (κ3) is 4.77. The number of nitrogens with one attached hydrogen (secondary N) is 1. The van der Waals surface area contributed by atoms with Crippen molar-refractivity contribution < 1.29 is 19.4 Å². The maximum atomic E-state index is 13.4. The molecule has 35 heavy (non-hydrogen) atoms. The van der Waals surface area contributed by atoms with E-state index in [1.165, 1.54) is 10.9 Å². The number of aromatic nitrogens is 2. The number of nitrogens with zero attached hydrogens (tertiary/aromatic N) is 3. The van der Waals surface area contributed by atoms with Gasteiger partial charge >= 0.3 is 0 Å². The van der Waals surface area contributed by atoms with Crippen molar-refractivity contribution in [3.8, 4) is 11.4 Å². The van der Waals surface area contributed by atoms with Gasteiger partial charge in [-0.15, -0.1) is 0 Å². The lowest BCUT2D eigenvalue weighted by molar-refractivity contribution is -0.135. The van der Waals surface area contributed by atoms with Crippen LogP contribution in [0.15, 0.2) is 47.5 Å². The molecular formula is C26H28N4O5. The highest BCUT2D eigenvalue weighted by Gasteiger charge is 2.28. The Morgan fingerprint density at radius 1 is 1.17 bits per heavy atom. The molecule has 5 rings (SSSR count). The molecule has 0 radical (unpaired) electrons. The summed E-state index contributed by atoms with van der Waals surface area (Å²) in [4.78, 5) is 44.0. The number of amides is 2. The van der Waals surface area contributed by atoms with Crippen LogP contribution >= 0.6 is 0 Å². The molecule has 2 aromatic carbocycles. The van der Waals surface area contributed by atoms with E-state index in [4.69, 9.17) is 4.74 Å². The van der Waals surface area contributed by atoms with Crippen molar-refractivity contribution in [2.24, 2.45) is 0 Å². The summed E-state index contributed by atoms with van der Waals surface area (Å²) in [7, 11) is 0. The molecule has 1 aliphatic carbocycles. The second-order valence-corrected chi connectivity index (χ2v) is 9.20. The number of hydrogen-bond acceptors (Lipinski definition) is 6. The first-order valence-electron chi connectivity index (χ1n) is 11.9. The van der Waals surface area contributed by atoms with Gasteiger partial charge in [0.25, 0.3) is 11.5 Å². The minimum absolute atomic E-state index is 0.108. The summed E-state index contributed by atoms with van der Waals surface area (Å²) in [6.45, 7) is 2.26. The molecule has 1 saturated heterocycles. The van der Waals surface area contributed by atoms with Gasteiger partial charge in [-0.2, -0.15) is 0 Å². The van der Waals surface area contributed by atoms with E-state index in [0.29, 0.717) is 34.4 Å². The first-order valence-corrected chi connectivity index (χ1v) is 11.9. The number of benzene rings is 2. The molecule has 3 aromatic rings. The van der Waals surface area contributed by atoms with E-state index in [0.717, 1.165) is 31.2 Å². The van der Waals surface area contributed by atoms with E-state index >= 15 is 0 Å². The average Bonchev–Trinajstić information content (AvgIpc) is 3.56. The number of carbonyl (C=O) groups excluding carboxylic acids is 2. The Morgan fingerprint density at radius 3 is 2.77 bits per heavy atom. The average molecular weight is 477 g/mol. The lowest BCUT2D eigenvalue weighted by Crippen LogP contribution is -2.40. The summed E-state index contributed by atoms with van der Waals surface area (Å²) in [5.74, 6) is 0.0590. The first kappa shape index (κ1) is 23.0. The van der Waals surface area contributed by atoms with Crippen LogP contribution in [-0.2, 0) is 4.79 Å². The van der Waals surface area contributed by atoms with E-state index < -0.39 is 6.61 Å². The third-order valence-corrected chi connectivity index (χ3v) is 6.65. The normalized spacial score (nSPS) is 17.5. The molecule has 0 unspecified atom stereocenters. The van der Waals surface area contributed by atoms with Crippen molar-refractivity contribution in [3.63, 3.8) is 0 Å². The lowest BCUT2D eigenvalue weighted by atomic mass is 10.1. The standard InChI is InChI=1S/C26H28N4O5/c1-16-4-5-17(25(33)28-18-6-7-18)11-23(16)30-15-27-22-9-8-20(12-21(22)26(30)34)35-14-19-3-2-10-29(19)24(32)13-31/h4-5,8-9,11-12,15,18-19,31H,2-3,6-7,10,13-14H2,1H3,(H,28,33)/t19-/m0/s1. The molecule has 1 aromatic heterocycles. The molecule has 2 aliphatic rings. The minimum atomic E-state index is -0.513. The number of aliphatic hydroxyl groups excluding tert-OH is 1. The third-order valence-electron chi connectivity index (χ3n) is 6.65. The van der Waals surface area contributed by atoms with Crippen molar-refractivity contribution in [3.05, 3.63) is 64.2 Å². The second kappa shape index (κ2) is 9.50. The Balaban J connectivity index is 1.41. The summed E-state index contributed by atoms with van der Waals surface area (Å²) in [5, 5.41) is 12.5. The number of ether oxygens (including phenoxy) is 1. The van der Waals surface area contributed by atoms with Gasteiger partial charge < -0.3 is 20.1 Å². The van der Waals surface area contributed by atoms with Crippen molar-refractivity contribution in [1.29, 1.82) is 0 Å². The number of carbonyl (C=O) groups is 2. The van der Waals surface area contributed by atoms with Gasteiger partial charge in [-0.05, 0) is 68.5 Å². The zero-order valence-corrected chi connectivity index (χ0v) is 19.6. The Morgan fingerprint density at radius 2 is 2.00 bits per heavy atom. The smallest absolute Gasteiger partial charge is 0.265 e. The Labute approximate surface area is 202 Å². The fraction of sp³-hybridized carbons (Fsp3) is 0.385. The molecular weight excluding hydrogens is 448 g/mol. The molecule has 2 heterocycles. The number of aryl methyl sites for hydroxylation is 1. The van der Waals surface area contributed by atoms with Crippen molar-refractivity contribution in [1.82, 2.24) is 19.8 Å². The maximum absolute atomic E-state index is 13.4. The summed E-state index contributed by atoms with van der Waals surface area (Å²) in [5.41, 5.74) is 2.22. The van der Waals surface area contributed by atoms with E-state index in [2.05, 4.69) is 10.3 Å². The number of hydrogen-bond donors (Lipinski definition) is 2.